The van der Waals surface area contributed by atoms with E-state index < -0.39 is 6.04 Å². The molecule has 142 valence electrons. The molecule has 0 bridgehead atoms. The van der Waals surface area contributed by atoms with Crippen molar-refractivity contribution >= 4 is 16.8 Å². The van der Waals surface area contributed by atoms with Gasteiger partial charge in [-0.05, 0) is 56.6 Å². The first-order valence-electron chi connectivity index (χ1n) is 9.70. The summed E-state index contributed by atoms with van der Waals surface area (Å²) in [5.41, 5.74) is 7.09. The number of pyridine rings is 1. The van der Waals surface area contributed by atoms with Crippen LogP contribution in [0.4, 0.5) is 0 Å². The molecule has 1 aliphatic heterocycles. The number of nitrogens with zero attached hydrogens (tertiary/aromatic N) is 4. The van der Waals surface area contributed by atoms with Gasteiger partial charge in [0, 0.05) is 25.0 Å². The van der Waals surface area contributed by atoms with Crippen molar-refractivity contribution < 1.29 is 9.90 Å². The fourth-order valence-electron chi connectivity index (χ4n) is 4.62. The van der Waals surface area contributed by atoms with Crippen LogP contribution in [0.15, 0.2) is 24.5 Å². The van der Waals surface area contributed by atoms with Gasteiger partial charge in [0.05, 0.1) is 23.0 Å². The lowest BCUT2D eigenvalue weighted by atomic mass is 9.81. The van der Waals surface area contributed by atoms with E-state index >= 15 is 0 Å². The summed E-state index contributed by atoms with van der Waals surface area (Å²) in [5, 5.41) is 20.5. The number of likely N-dealkylation sites (tertiary alicyclic amines) is 1. The van der Waals surface area contributed by atoms with Crippen molar-refractivity contribution in [3.05, 3.63) is 24.5 Å². The zero-order valence-corrected chi connectivity index (χ0v) is 15.3. The standard InChI is InChI=1S/C20H25N5O2/c21-11-15-3-2-10-24(15)20(27)18(22)13-5-7-14(8-6-13)25-12-17-16(19(25)26)4-1-9-23-17/h1,4,9,12-15,18,26H,2-3,5-8,10,22H2/t13?,14?,15-,18-/m0/s1. The van der Waals surface area contributed by atoms with Crippen molar-refractivity contribution in [2.24, 2.45) is 11.7 Å². The molecule has 2 aromatic heterocycles. The molecule has 0 unspecified atom stereocenters. The van der Waals surface area contributed by atoms with Gasteiger partial charge in [-0.3, -0.25) is 9.78 Å². The molecule has 0 spiro atoms. The molecular formula is C20H25N5O2. The molecule has 2 atom stereocenters. The fraction of sp³-hybridized carbons (Fsp3) is 0.550. The molecule has 2 aromatic rings. The lowest BCUT2D eigenvalue weighted by Gasteiger charge is -2.34. The van der Waals surface area contributed by atoms with E-state index in [4.69, 9.17) is 5.73 Å². The Hall–Kier alpha value is -2.59. The molecule has 1 saturated heterocycles. The lowest BCUT2D eigenvalue weighted by molar-refractivity contribution is -0.134. The largest absolute Gasteiger partial charge is 0.494 e. The molecular weight excluding hydrogens is 342 g/mol. The molecule has 4 rings (SSSR count). The summed E-state index contributed by atoms with van der Waals surface area (Å²) < 4.78 is 1.91. The SMILES string of the molecule is N#C[C@@H]1CCCN1C(=O)[C@@H](N)C1CCC(n2cc3ncccc3c2O)CC1. The molecule has 7 nitrogen and oxygen atoms in total. The van der Waals surface area contributed by atoms with Gasteiger partial charge in [0.2, 0.25) is 11.8 Å². The first-order chi connectivity index (χ1) is 13.1. The van der Waals surface area contributed by atoms with Crippen LogP contribution in [0.5, 0.6) is 5.88 Å². The van der Waals surface area contributed by atoms with Crippen molar-refractivity contribution in [2.75, 3.05) is 6.54 Å². The van der Waals surface area contributed by atoms with Crippen LogP contribution in [0, 0.1) is 17.2 Å². The normalized spacial score (nSPS) is 26.8. The third-order valence-electron chi connectivity index (χ3n) is 6.20. The highest BCUT2D eigenvalue weighted by Gasteiger charge is 2.37. The average Bonchev–Trinajstić information content (AvgIpc) is 3.32. The minimum Gasteiger partial charge on any atom is -0.494 e. The van der Waals surface area contributed by atoms with E-state index in [1.165, 1.54) is 0 Å². The van der Waals surface area contributed by atoms with Crippen LogP contribution in [0.1, 0.15) is 44.6 Å². The molecule has 1 aliphatic carbocycles. The first-order valence-corrected chi connectivity index (χ1v) is 9.70. The Bertz CT molecular complexity index is 878. The highest BCUT2D eigenvalue weighted by molar-refractivity contribution is 5.84. The molecule has 0 radical (unpaired) electrons. The second-order valence-corrected chi connectivity index (χ2v) is 7.71. The first kappa shape index (κ1) is 17.8. The Morgan fingerprint density at radius 1 is 1.33 bits per heavy atom. The van der Waals surface area contributed by atoms with Crippen LogP contribution in [0.3, 0.4) is 0 Å². The van der Waals surface area contributed by atoms with Crippen molar-refractivity contribution in [1.29, 1.82) is 5.26 Å². The Balaban J connectivity index is 1.42. The van der Waals surface area contributed by atoms with Crippen molar-refractivity contribution in [1.82, 2.24) is 14.5 Å². The van der Waals surface area contributed by atoms with E-state index in [0.29, 0.717) is 6.54 Å². The Morgan fingerprint density at radius 2 is 2.11 bits per heavy atom. The second kappa shape index (κ2) is 7.20. The number of hydrogen-bond donors (Lipinski definition) is 2. The molecule has 3 heterocycles. The topological polar surface area (TPSA) is 108 Å². The predicted molar refractivity (Wildman–Crippen MR) is 101 cm³/mol. The van der Waals surface area contributed by atoms with Crippen LogP contribution in [0.2, 0.25) is 0 Å². The Labute approximate surface area is 158 Å². The van der Waals surface area contributed by atoms with Gasteiger partial charge in [-0.1, -0.05) is 0 Å². The van der Waals surface area contributed by atoms with E-state index in [2.05, 4.69) is 11.1 Å². The molecule has 2 fully saturated rings. The van der Waals surface area contributed by atoms with Gasteiger partial charge in [0.25, 0.3) is 0 Å². The van der Waals surface area contributed by atoms with Crippen LogP contribution in [-0.4, -0.2) is 44.1 Å². The summed E-state index contributed by atoms with van der Waals surface area (Å²) in [4.78, 5) is 18.7. The predicted octanol–water partition coefficient (Wildman–Crippen LogP) is 2.32. The third kappa shape index (κ3) is 3.15. The van der Waals surface area contributed by atoms with E-state index in [1.54, 1.807) is 11.1 Å². The number of rotatable bonds is 3. The number of nitrogens with two attached hydrogens (primary N) is 1. The molecule has 27 heavy (non-hydrogen) atoms. The fourth-order valence-corrected chi connectivity index (χ4v) is 4.62. The maximum absolute atomic E-state index is 12.7. The summed E-state index contributed by atoms with van der Waals surface area (Å²) >= 11 is 0. The van der Waals surface area contributed by atoms with Crippen LogP contribution in [-0.2, 0) is 4.79 Å². The smallest absolute Gasteiger partial charge is 0.240 e. The van der Waals surface area contributed by atoms with Crippen molar-refractivity contribution in [2.45, 2.75) is 56.7 Å². The highest BCUT2D eigenvalue weighted by atomic mass is 16.3. The monoisotopic (exact) mass is 367 g/mol. The minimum absolute atomic E-state index is 0.0822. The maximum Gasteiger partial charge on any atom is 0.240 e. The van der Waals surface area contributed by atoms with Gasteiger partial charge in [-0.25, -0.2) is 0 Å². The van der Waals surface area contributed by atoms with Crippen LogP contribution >= 0.6 is 0 Å². The summed E-state index contributed by atoms with van der Waals surface area (Å²) in [6, 6.07) is 5.23. The van der Waals surface area contributed by atoms with E-state index in [0.717, 1.165) is 49.4 Å². The van der Waals surface area contributed by atoms with Crippen molar-refractivity contribution in [3.63, 3.8) is 0 Å². The molecule has 2 aliphatic rings. The van der Waals surface area contributed by atoms with Gasteiger partial charge < -0.3 is 20.3 Å². The van der Waals surface area contributed by atoms with Gasteiger partial charge in [0.15, 0.2) is 0 Å². The number of aromatic hydroxyl groups is 1. The number of carbonyl (C=O) groups excluding carboxylic acids is 1. The van der Waals surface area contributed by atoms with Crippen LogP contribution in [0.25, 0.3) is 10.9 Å². The van der Waals surface area contributed by atoms with Crippen molar-refractivity contribution in [3.8, 4) is 11.9 Å². The molecule has 3 N–H and O–H groups in total. The summed E-state index contributed by atoms with van der Waals surface area (Å²) in [6.45, 7) is 0.636. The number of carbonyl (C=O) groups is 1. The van der Waals surface area contributed by atoms with Gasteiger partial charge >= 0.3 is 0 Å². The number of hydrogen-bond acceptors (Lipinski definition) is 5. The maximum atomic E-state index is 12.7. The molecule has 7 heteroatoms. The molecule has 0 aromatic carbocycles. The number of nitriles is 1. The number of aromatic nitrogens is 2. The molecule has 1 amide bonds. The van der Waals surface area contributed by atoms with E-state index in [9.17, 15) is 15.2 Å². The third-order valence-corrected chi connectivity index (χ3v) is 6.20. The second-order valence-electron chi connectivity index (χ2n) is 7.71. The minimum atomic E-state index is -0.543. The zero-order valence-electron chi connectivity index (χ0n) is 15.3. The zero-order chi connectivity index (χ0) is 19.0. The molecule has 1 saturated carbocycles. The van der Waals surface area contributed by atoms with E-state index in [1.807, 2.05) is 22.9 Å². The van der Waals surface area contributed by atoms with Gasteiger partial charge in [-0.15, -0.1) is 0 Å². The average molecular weight is 367 g/mol. The van der Waals surface area contributed by atoms with Gasteiger partial charge in [0.1, 0.15) is 6.04 Å². The highest BCUT2D eigenvalue weighted by Crippen LogP contribution is 2.38. The van der Waals surface area contributed by atoms with Crippen LogP contribution < -0.4 is 5.73 Å². The Morgan fingerprint density at radius 3 is 2.81 bits per heavy atom. The summed E-state index contributed by atoms with van der Waals surface area (Å²) in [6.07, 6.45) is 8.65. The summed E-state index contributed by atoms with van der Waals surface area (Å²) in [5.74, 6) is 0.302. The quantitative estimate of drug-likeness (QED) is 0.865. The lowest BCUT2D eigenvalue weighted by Crippen LogP contribution is -2.49. The van der Waals surface area contributed by atoms with Gasteiger partial charge in [-0.2, -0.15) is 5.26 Å². The Kier molecular flexibility index (Phi) is 4.75. The number of amides is 1. The number of fused-ring (bicyclic) bond motifs is 1. The van der Waals surface area contributed by atoms with E-state index in [-0.39, 0.29) is 29.8 Å². The summed E-state index contributed by atoms with van der Waals surface area (Å²) in [7, 11) is 0.